The molecule has 0 saturated carbocycles. The molecule has 7 nitrogen and oxygen atoms in total. The first-order chi connectivity index (χ1) is 14.4. The van der Waals surface area contributed by atoms with Crippen molar-refractivity contribution >= 4 is 11.9 Å². The Balaban J connectivity index is 1.99. The van der Waals surface area contributed by atoms with Crippen LogP contribution in [0.15, 0.2) is 41.4 Å². The number of nitrogens with zero attached hydrogens (tertiary/aromatic N) is 2. The Kier molecular flexibility index (Phi) is 8.53. The van der Waals surface area contributed by atoms with Crippen molar-refractivity contribution in [3.8, 4) is 11.5 Å². The summed E-state index contributed by atoms with van der Waals surface area (Å²) in [6, 6.07) is 11.6. The fourth-order valence-corrected chi connectivity index (χ4v) is 3.24. The zero-order valence-corrected chi connectivity index (χ0v) is 18.7. The third kappa shape index (κ3) is 5.89. The van der Waals surface area contributed by atoms with Crippen molar-refractivity contribution in [2.75, 3.05) is 41.9 Å². The minimum Gasteiger partial charge on any atom is -0.493 e. The fraction of sp³-hybridized carbons (Fsp3) is 0.391. The Hall–Kier alpha value is -3.22. The molecule has 30 heavy (non-hydrogen) atoms. The van der Waals surface area contributed by atoms with Gasteiger partial charge < -0.3 is 25.0 Å². The number of aliphatic imine (C=N–C) groups is 1. The van der Waals surface area contributed by atoms with Crippen LogP contribution in [0.4, 0.5) is 0 Å². The maximum absolute atomic E-state index is 11.8. The molecule has 2 N–H and O–H groups in total. The highest BCUT2D eigenvalue weighted by molar-refractivity contribution is 5.94. The first-order valence-corrected chi connectivity index (χ1v) is 9.87. The second-order valence-electron chi connectivity index (χ2n) is 6.99. The van der Waals surface area contributed by atoms with Crippen LogP contribution in [0, 0.1) is 6.92 Å². The minimum atomic E-state index is -0.0781. The molecule has 0 aromatic heterocycles. The van der Waals surface area contributed by atoms with Crippen LogP contribution in [-0.2, 0) is 13.0 Å². The lowest BCUT2D eigenvalue weighted by Gasteiger charge is -2.23. The van der Waals surface area contributed by atoms with Crippen LogP contribution >= 0.6 is 0 Å². The number of methoxy groups -OCH3 is 2. The van der Waals surface area contributed by atoms with E-state index in [-0.39, 0.29) is 5.91 Å². The highest BCUT2D eigenvalue weighted by Crippen LogP contribution is 2.30. The van der Waals surface area contributed by atoms with Crippen LogP contribution < -0.4 is 20.1 Å². The maximum atomic E-state index is 11.8. The van der Waals surface area contributed by atoms with Gasteiger partial charge in [0.15, 0.2) is 17.5 Å². The van der Waals surface area contributed by atoms with Gasteiger partial charge in [-0.1, -0.05) is 12.1 Å². The smallest absolute Gasteiger partial charge is 0.251 e. The summed E-state index contributed by atoms with van der Waals surface area (Å²) in [7, 11) is 8.68. The number of nitrogens with one attached hydrogen (secondary N) is 2. The number of amides is 1. The van der Waals surface area contributed by atoms with Crippen LogP contribution in [0.2, 0.25) is 0 Å². The van der Waals surface area contributed by atoms with Crippen molar-refractivity contribution in [1.82, 2.24) is 15.5 Å². The summed E-state index contributed by atoms with van der Waals surface area (Å²) >= 11 is 0. The highest BCUT2D eigenvalue weighted by atomic mass is 16.5. The normalized spacial score (nSPS) is 11.1. The highest BCUT2D eigenvalue weighted by Gasteiger charge is 2.13. The zero-order chi connectivity index (χ0) is 22.1. The van der Waals surface area contributed by atoms with Gasteiger partial charge in [0.2, 0.25) is 0 Å². The first kappa shape index (κ1) is 23.1. The molecule has 0 saturated heterocycles. The summed E-state index contributed by atoms with van der Waals surface area (Å²) in [5.41, 5.74) is 4.02. The molecule has 0 fully saturated rings. The summed E-state index contributed by atoms with van der Waals surface area (Å²) in [5.74, 6) is 2.16. The van der Waals surface area contributed by atoms with Gasteiger partial charge in [0.25, 0.3) is 5.91 Å². The predicted molar refractivity (Wildman–Crippen MR) is 121 cm³/mol. The largest absolute Gasteiger partial charge is 0.493 e. The van der Waals surface area contributed by atoms with Gasteiger partial charge in [-0.05, 0) is 54.3 Å². The molecular formula is C23H32N4O3. The molecule has 0 atom stereocenters. The Morgan fingerprint density at radius 1 is 1.13 bits per heavy atom. The van der Waals surface area contributed by atoms with Crippen molar-refractivity contribution in [3.05, 3.63) is 58.7 Å². The van der Waals surface area contributed by atoms with E-state index < -0.39 is 0 Å². The van der Waals surface area contributed by atoms with Gasteiger partial charge in [0.1, 0.15) is 0 Å². The third-order valence-electron chi connectivity index (χ3n) is 4.94. The summed E-state index contributed by atoms with van der Waals surface area (Å²) < 4.78 is 10.8. The van der Waals surface area contributed by atoms with Crippen molar-refractivity contribution in [1.29, 1.82) is 0 Å². The van der Waals surface area contributed by atoms with Crippen molar-refractivity contribution in [3.63, 3.8) is 0 Å². The van der Waals surface area contributed by atoms with Crippen LogP contribution in [0.1, 0.15) is 27.0 Å². The molecule has 0 bridgehead atoms. The average Bonchev–Trinajstić information content (AvgIpc) is 2.77. The molecule has 0 aliphatic heterocycles. The second kappa shape index (κ2) is 11.1. The number of hydrogen-bond acceptors (Lipinski definition) is 4. The first-order valence-electron chi connectivity index (χ1n) is 9.87. The van der Waals surface area contributed by atoms with Gasteiger partial charge >= 0.3 is 0 Å². The Morgan fingerprint density at radius 3 is 2.47 bits per heavy atom. The molecule has 7 heteroatoms. The van der Waals surface area contributed by atoms with Crippen molar-refractivity contribution in [2.45, 2.75) is 19.9 Å². The number of aryl methyl sites for hydroxylation is 1. The van der Waals surface area contributed by atoms with Crippen molar-refractivity contribution in [2.24, 2.45) is 4.99 Å². The van der Waals surface area contributed by atoms with E-state index in [0.717, 1.165) is 34.8 Å². The predicted octanol–water partition coefficient (Wildman–Crippen LogP) is 2.62. The molecular weight excluding hydrogens is 380 g/mol. The Morgan fingerprint density at radius 2 is 1.83 bits per heavy atom. The number of benzene rings is 2. The van der Waals surface area contributed by atoms with E-state index >= 15 is 0 Å². The number of guanidine groups is 1. The quantitative estimate of drug-likeness (QED) is 0.515. The molecule has 2 rings (SSSR count). The number of rotatable bonds is 8. The second-order valence-corrected chi connectivity index (χ2v) is 6.99. The summed E-state index contributed by atoms with van der Waals surface area (Å²) in [5, 5.41) is 6.04. The van der Waals surface area contributed by atoms with Gasteiger partial charge in [0, 0.05) is 39.8 Å². The van der Waals surface area contributed by atoms with Gasteiger partial charge in [-0.15, -0.1) is 0 Å². The van der Waals surface area contributed by atoms with Gasteiger partial charge in [-0.25, -0.2) is 0 Å². The number of carbonyl (C=O) groups excluding carboxylic acids is 1. The van der Waals surface area contributed by atoms with E-state index in [2.05, 4.69) is 27.4 Å². The Bertz CT molecular complexity index is 896. The molecule has 0 aliphatic rings. The van der Waals surface area contributed by atoms with Crippen molar-refractivity contribution < 1.29 is 14.3 Å². The molecule has 1 amide bonds. The summed E-state index contributed by atoms with van der Waals surface area (Å²) in [4.78, 5) is 18.3. The molecule has 0 aliphatic carbocycles. The average molecular weight is 413 g/mol. The lowest BCUT2D eigenvalue weighted by atomic mass is 10.1. The van der Waals surface area contributed by atoms with Crippen LogP contribution in [0.25, 0.3) is 0 Å². The van der Waals surface area contributed by atoms with Gasteiger partial charge in [-0.3, -0.25) is 9.79 Å². The molecule has 0 heterocycles. The zero-order valence-electron chi connectivity index (χ0n) is 18.7. The van der Waals surface area contributed by atoms with Gasteiger partial charge in [0.05, 0.1) is 14.2 Å². The van der Waals surface area contributed by atoms with Crippen LogP contribution in [0.5, 0.6) is 11.5 Å². The monoisotopic (exact) mass is 412 g/mol. The maximum Gasteiger partial charge on any atom is 0.251 e. The lowest BCUT2D eigenvalue weighted by molar-refractivity contribution is 0.0963. The van der Waals surface area contributed by atoms with E-state index in [1.54, 1.807) is 28.3 Å². The third-order valence-corrected chi connectivity index (χ3v) is 4.94. The summed E-state index contributed by atoms with van der Waals surface area (Å²) in [6.45, 7) is 3.44. The van der Waals surface area contributed by atoms with E-state index in [1.165, 1.54) is 0 Å². The number of ether oxygens (including phenoxy) is 2. The molecule has 0 spiro atoms. The molecule has 162 valence electrons. The van der Waals surface area contributed by atoms with E-state index in [1.807, 2.05) is 43.4 Å². The van der Waals surface area contributed by atoms with E-state index in [9.17, 15) is 4.79 Å². The topological polar surface area (TPSA) is 75.2 Å². The lowest BCUT2D eigenvalue weighted by Crippen LogP contribution is -2.39. The standard InChI is InChI=1S/C23H32N4O3/c1-16-12-20(29-5)21(30-6)14-19(16)15-27(4)23(25-3)26-11-10-17-8-7-9-18(13-17)22(28)24-2/h7-9,12-14H,10-11,15H2,1-6H3,(H,24,28)(H,25,26). The SMILES string of the molecule is CN=C(NCCc1cccc(C(=O)NC)c1)N(C)Cc1cc(OC)c(OC)cc1C. The van der Waals surface area contributed by atoms with E-state index in [0.29, 0.717) is 24.4 Å². The summed E-state index contributed by atoms with van der Waals surface area (Å²) in [6.07, 6.45) is 0.785. The Labute approximate surface area is 179 Å². The fourth-order valence-electron chi connectivity index (χ4n) is 3.24. The molecule has 0 unspecified atom stereocenters. The van der Waals surface area contributed by atoms with Gasteiger partial charge in [-0.2, -0.15) is 0 Å². The van der Waals surface area contributed by atoms with E-state index in [4.69, 9.17) is 9.47 Å². The van der Waals surface area contributed by atoms with Crippen LogP contribution in [-0.4, -0.2) is 58.7 Å². The molecule has 0 radical (unpaired) electrons. The minimum absolute atomic E-state index is 0.0781. The number of carbonyl (C=O) groups is 1. The van der Waals surface area contributed by atoms with Crippen LogP contribution in [0.3, 0.4) is 0 Å². The molecule has 2 aromatic rings. The molecule has 2 aromatic carbocycles. The number of hydrogen-bond donors (Lipinski definition) is 2.